The normalized spacial score (nSPS) is 12.7. The van der Waals surface area contributed by atoms with E-state index < -0.39 is 6.10 Å². The summed E-state index contributed by atoms with van der Waals surface area (Å²) in [5.74, 6) is 0.970. The van der Waals surface area contributed by atoms with Gasteiger partial charge < -0.3 is 14.8 Å². The van der Waals surface area contributed by atoms with Crippen LogP contribution in [0.15, 0.2) is 48.5 Å². The summed E-state index contributed by atoms with van der Waals surface area (Å²) in [6, 6.07) is 15.0. The van der Waals surface area contributed by atoms with Crippen LogP contribution in [0.1, 0.15) is 49.0 Å². The molecule has 0 aliphatic rings. The van der Waals surface area contributed by atoms with Crippen LogP contribution >= 0.6 is 0 Å². The van der Waals surface area contributed by atoms with E-state index >= 15 is 0 Å². The Balaban J connectivity index is 1.98. The third-order valence-electron chi connectivity index (χ3n) is 4.36. The summed E-state index contributed by atoms with van der Waals surface area (Å²) in [6.45, 7) is 6.64. The standard InChI is InChI=1S/C22H27NO4/c1-4-18(19-9-7-6-8-10-19)14-23-22(25)16(3)27-20-12-11-17(15-24)13-21(20)26-5-2/h6-13,15-16,18H,4-5,14H2,1-3H3,(H,23,25)/t16-,18-/m0/s1. The van der Waals surface area contributed by atoms with Crippen LogP contribution in [0.5, 0.6) is 11.5 Å². The van der Waals surface area contributed by atoms with Gasteiger partial charge in [0.15, 0.2) is 17.6 Å². The topological polar surface area (TPSA) is 64.6 Å². The number of benzene rings is 2. The predicted molar refractivity (Wildman–Crippen MR) is 106 cm³/mol. The minimum atomic E-state index is -0.681. The van der Waals surface area contributed by atoms with Gasteiger partial charge in [-0.1, -0.05) is 37.3 Å². The molecule has 144 valence electrons. The van der Waals surface area contributed by atoms with Gasteiger partial charge in [0.05, 0.1) is 6.61 Å². The van der Waals surface area contributed by atoms with Gasteiger partial charge in [-0.3, -0.25) is 9.59 Å². The van der Waals surface area contributed by atoms with Gasteiger partial charge in [0.2, 0.25) is 0 Å². The van der Waals surface area contributed by atoms with Crippen LogP contribution in [0, 0.1) is 0 Å². The molecule has 5 heteroatoms. The molecule has 0 radical (unpaired) electrons. The van der Waals surface area contributed by atoms with Gasteiger partial charge in [0, 0.05) is 18.0 Å². The molecule has 2 aromatic rings. The Kier molecular flexibility index (Phi) is 7.86. The largest absolute Gasteiger partial charge is 0.490 e. The summed E-state index contributed by atoms with van der Waals surface area (Å²) in [5.41, 5.74) is 1.70. The second kappa shape index (κ2) is 10.4. The van der Waals surface area contributed by atoms with Crippen LogP contribution < -0.4 is 14.8 Å². The summed E-state index contributed by atoms with van der Waals surface area (Å²) in [7, 11) is 0. The smallest absolute Gasteiger partial charge is 0.260 e. The zero-order chi connectivity index (χ0) is 19.6. The van der Waals surface area contributed by atoms with Crippen LogP contribution in [0.4, 0.5) is 0 Å². The van der Waals surface area contributed by atoms with E-state index in [0.29, 0.717) is 30.2 Å². The van der Waals surface area contributed by atoms with Crippen molar-refractivity contribution in [2.75, 3.05) is 13.2 Å². The number of carbonyl (C=O) groups excluding carboxylic acids is 2. The number of ether oxygens (including phenoxy) is 2. The predicted octanol–water partition coefficient (Wildman–Crippen LogP) is 3.98. The van der Waals surface area contributed by atoms with Crippen molar-refractivity contribution in [1.82, 2.24) is 5.32 Å². The van der Waals surface area contributed by atoms with Crippen molar-refractivity contribution < 1.29 is 19.1 Å². The molecule has 2 rings (SSSR count). The molecule has 0 aliphatic heterocycles. The van der Waals surface area contributed by atoms with Crippen LogP contribution in [0.2, 0.25) is 0 Å². The quantitative estimate of drug-likeness (QED) is 0.644. The maximum atomic E-state index is 12.5. The van der Waals surface area contributed by atoms with Gasteiger partial charge in [-0.15, -0.1) is 0 Å². The lowest BCUT2D eigenvalue weighted by molar-refractivity contribution is -0.127. The van der Waals surface area contributed by atoms with Crippen molar-refractivity contribution in [3.05, 3.63) is 59.7 Å². The molecule has 0 unspecified atom stereocenters. The molecule has 0 heterocycles. The first-order chi connectivity index (χ1) is 13.1. The Bertz CT molecular complexity index is 745. The number of hydrogen-bond acceptors (Lipinski definition) is 4. The molecular weight excluding hydrogens is 342 g/mol. The number of amides is 1. The van der Waals surface area contributed by atoms with E-state index in [9.17, 15) is 9.59 Å². The lowest BCUT2D eigenvalue weighted by Crippen LogP contribution is -2.38. The highest BCUT2D eigenvalue weighted by molar-refractivity contribution is 5.81. The van der Waals surface area contributed by atoms with Crippen LogP contribution in [-0.4, -0.2) is 31.4 Å². The average molecular weight is 369 g/mol. The van der Waals surface area contributed by atoms with E-state index in [1.165, 1.54) is 5.56 Å². The van der Waals surface area contributed by atoms with Crippen molar-refractivity contribution in [2.24, 2.45) is 0 Å². The third kappa shape index (κ3) is 5.84. The Morgan fingerprint density at radius 3 is 2.48 bits per heavy atom. The van der Waals surface area contributed by atoms with Crippen molar-refractivity contribution in [1.29, 1.82) is 0 Å². The maximum Gasteiger partial charge on any atom is 0.260 e. The molecule has 0 bridgehead atoms. The second-order valence-electron chi connectivity index (χ2n) is 6.28. The summed E-state index contributed by atoms with van der Waals surface area (Å²) in [6.07, 6.45) is 0.998. The fourth-order valence-corrected chi connectivity index (χ4v) is 2.80. The van der Waals surface area contributed by atoms with Crippen LogP contribution in [0.3, 0.4) is 0 Å². The fraction of sp³-hybridized carbons (Fsp3) is 0.364. The van der Waals surface area contributed by atoms with Crippen molar-refractivity contribution in [2.45, 2.75) is 39.2 Å². The molecule has 1 amide bonds. The first kappa shape index (κ1) is 20.5. The molecule has 0 saturated heterocycles. The van der Waals surface area contributed by atoms with E-state index in [-0.39, 0.29) is 11.8 Å². The Labute approximate surface area is 160 Å². The zero-order valence-electron chi connectivity index (χ0n) is 16.1. The van der Waals surface area contributed by atoms with E-state index in [2.05, 4.69) is 24.4 Å². The van der Waals surface area contributed by atoms with Gasteiger partial charge >= 0.3 is 0 Å². The van der Waals surface area contributed by atoms with Crippen molar-refractivity contribution in [3.8, 4) is 11.5 Å². The molecule has 0 saturated carbocycles. The van der Waals surface area contributed by atoms with Crippen LogP contribution in [0.25, 0.3) is 0 Å². The highest BCUT2D eigenvalue weighted by Crippen LogP contribution is 2.29. The maximum absolute atomic E-state index is 12.5. The van der Waals surface area contributed by atoms with Gasteiger partial charge in [-0.2, -0.15) is 0 Å². The van der Waals surface area contributed by atoms with Gasteiger partial charge in [-0.25, -0.2) is 0 Å². The summed E-state index contributed by atoms with van der Waals surface area (Å²) >= 11 is 0. The lowest BCUT2D eigenvalue weighted by Gasteiger charge is -2.20. The monoisotopic (exact) mass is 369 g/mol. The van der Waals surface area contributed by atoms with E-state index in [0.717, 1.165) is 12.7 Å². The minimum absolute atomic E-state index is 0.189. The number of nitrogens with one attached hydrogen (secondary N) is 1. The Morgan fingerprint density at radius 1 is 1.11 bits per heavy atom. The lowest BCUT2D eigenvalue weighted by atomic mass is 9.96. The Morgan fingerprint density at radius 2 is 1.85 bits per heavy atom. The molecular formula is C22H27NO4. The molecule has 5 nitrogen and oxygen atoms in total. The molecule has 0 aliphatic carbocycles. The third-order valence-corrected chi connectivity index (χ3v) is 4.36. The molecule has 0 spiro atoms. The average Bonchev–Trinajstić information content (AvgIpc) is 2.70. The van der Waals surface area contributed by atoms with E-state index in [1.807, 2.05) is 25.1 Å². The summed E-state index contributed by atoms with van der Waals surface area (Å²) in [5, 5.41) is 2.97. The van der Waals surface area contributed by atoms with E-state index in [4.69, 9.17) is 9.47 Å². The Hall–Kier alpha value is -2.82. The number of rotatable bonds is 10. The second-order valence-corrected chi connectivity index (χ2v) is 6.28. The number of hydrogen-bond donors (Lipinski definition) is 1. The molecule has 27 heavy (non-hydrogen) atoms. The fourth-order valence-electron chi connectivity index (χ4n) is 2.80. The summed E-state index contributed by atoms with van der Waals surface area (Å²) in [4.78, 5) is 23.4. The number of carbonyl (C=O) groups is 2. The molecule has 0 fully saturated rings. The van der Waals surface area contributed by atoms with Crippen molar-refractivity contribution >= 4 is 12.2 Å². The minimum Gasteiger partial charge on any atom is -0.490 e. The highest BCUT2D eigenvalue weighted by atomic mass is 16.5. The molecule has 2 atom stereocenters. The first-order valence-corrected chi connectivity index (χ1v) is 9.30. The first-order valence-electron chi connectivity index (χ1n) is 9.30. The highest BCUT2D eigenvalue weighted by Gasteiger charge is 2.19. The van der Waals surface area contributed by atoms with E-state index in [1.54, 1.807) is 25.1 Å². The number of aldehydes is 1. The van der Waals surface area contributed by atoms with Gasteiger partial charge in [0.25, 0.3) is 5.91 Å². The molecule has 1 N–H and O–H groups in total. The SMILES string of the molecule is CCOc1cc(C=O)ccc1O[C@@H](C)C(=O)NC[C@H](CC)c1ccccc1. The zero-order valence-corrected chi connectivity index (χ0v) is 16.1. The molecule has 0 aromatic heterocycles. The molecule has 2 aromatic carbocycles. The van der Waals surface area contributed by atoms with Crippen LogP contribution in [-0.2, 0) is 4.79 Å². The summed E-state index contributed by atoms with van der Waals surface area (Å²) < 4.78 is 11.3. The van der Waals surface area contributed by atoms with Gasteiger partial charge in [0.1, 0.15) is 6.29 Å². The van der Waals surface area contributed by atoms with Gasteiger partial charge in [-0.05, 0) is 44.0 Å². The van der Waals surface area contributed by atoms with Crippen molar-refractivity contribution in [3.63, 3.8) is 0 Å².